The van der Waals surface area contributed by atoms with Gasteiger partial charge in [-0.3, -0.25) is 14.4 Å². The quantitative estimate of drug-likeness (QED) is 0.470. The number of para-hydroxylation sites is 1. The molecule has 1 unspecified atom stereocenters. The molecular weight excluding hydrogens is 399 g/mol. The first-order chi connectivity index (χ1) is 14.9. The molecule has 0 spiro atoms. The van der Waals surface area contributed by atoms with Gasteiger partial charge in [0.25, 0.3) is 0 Å². The molecule has 4 rings (SSSR count). The van der Waals surface area contributed by atoms with Gasteiger partial charge in [-0.15, -0.1) is 0 Å². The molecule has 160 valence electrons. The lowest BCUT2D eigenvalue weighted by molar-refractivity contribution is -0.125. The van der Waals surface area contributed by atoms with Crippen molar-refractivity contribution in [3.05, 3.63) is 60.0 Å². The van der Waals surface area contributed by atoms with Gasteiger partial charge in [0.1, 0.15) is 11.9 Å². The van der Waals surface area contributed by atoms with Crippen molar-refractivity contribution >= 4 is 40.0 Å². The molecule has 2 aromatic carbocycles. The molecule has 1 heterocycles. The first-order valence-electron chi connectivity index (χ1n) is 10.1. The summed E-state index contributed by atoms with van der Waals surface area (Å²) < 4.78 is 14.1. The number of hydrogen-bond acceptors (Lipinski definition) is 3. The summed E-state index contributed by atoms with van der Waals surface area (Å²) in [5.41, 5.74) is 2.17. The van der Waals surface area contributed by atoms with Gasteiger partial charge in [-0.25, -0.2) is 4.39 Å². The van der Waals surface area contributed by atoms with Crippen molar-refractivity contribution in [2.24, 2.45) is 5.92 Å². The van der Waals surface area contributed by atoms with E-state index in [0.717, 1.165) is 29.3 Å². The molecule has 1 aromatic heterocycles. The van der Waals surface area contributed by atoms with Gasteiger partial charge in [0.05, 0.1) is 5.69 Å². The maximum Gasteiger partial charge on any atom is 0.247 e. The second-order valence-electron chi connectivity index (χ2n) is 7.76. The molecule has 1 aliphatic rings. The number of nitrogens with one attached hydrogen (secondary N) is 4. The Labute approximate surface area is 178 Å². The van der Waals surface area contributed by atoms with Crippen LogP contribution < -0.4 is 16.0 Å². The van der Waals surface area contributed by atoms with Gasteiger partial charge in [0, 0.05) is 42.0 Å². The van der Waals surface area contributed by atoms with E-state index >= 15 is 0 Å². The second kappa shape index (κ2) is 8.59. The number of amides is 3. The van der Waals surface area contributed by atoms with Crippen molar-refractivity contribution in [2.45, 2.75) is 32.2 Å². The summed E-state index contributed by atoms with van der Waals surface area (Å²) in [6.45, 7) is 1.35. The van der Waals surface area contributed by atoms with Gasteiger partial charge in [0.2, 0.25) is 17.7 Å². The van der Waals surface area contributed by atoms with E-state index in [1.165, 1.54) is 25.1 Å². The van der Waals surface area contributed by atoms with E-state index in [0.29, 0.717) is 5.69 Å². The van der Waals surface area contributed by atoms with E-state index in [1.807, 2.05) is 30.5 Å². The fourth-order valence-electron chi connectivity index (χ4n) is 3.48. The lowest BCUT2D eigenvalue weighted by Crippen LogP contribution is -2.44. The number of hydrogen-bond donors (Lipinski definition) is 4. The van der Waals surface area contributed by atoms with Crippen LogP contribution in [0.5, 0.6) is 0 Å². The topological polar surface area (TPSA) is 103 Å². The third-order valence-electron chi connectivity index (χ3n) is 5.23. The summed E-state index contributed by atoms with van der Waals surface area (Å²) in [5, 5.41) is 8.92. The van der Waals surface area contributed by atoms with Crippen molar-refractivity contribution in [3.8, 4) is 0 Å². The molecule has 8 heteroatoms. The van der Waals surface area contributed by atoms with E-state index in [1.54, 1.807) is 0 Å². The minimum absolute atomic E-state index is 0.0161. The maximum atomic E-state index is 14.1. The van der Waals surface area contributed by atoms with E-state index in [9.17, 15) is 18.8 Å². The highest BCUT2D eigenvalue weighted by Gasteiger charge is 2.30. The smallest absolute Gasteiger partial charge is 0.247 e. The SMILES string of the molecule is CC(=O)NC(Cc1c[nH]c2ccccc12)C(=O)Nc1ccc(F)c(NC(=O)C2CC2)c1. The highest BCUT2D eigenvalue weighted by atomic mass is 19.1. The Morgan fingerprint density at radius 1 is 1.13 bits per heavy atom. The van der Waals surface area contributed by atoms with Crippen LogP contribution >= 0.6 is 0 Å². The van der Waals surface area contributed by atoms with Crippen LogP contribution in [0.2, 0.25) is 0 Å². The van der Waals surface area contributed by atoms with Crippen molar-refractivity contribution in [1.29, 1.82) is 0 Å². The Balaban J connectivity index is 1.51. The number of aromatic amines is 1. The average molecular weight is 422 g/mol. The van der Waals surface area contributed by atoms with Gasteiger partial charge < -0.3 is 20.9 Å². The van der Waals surface area contributed by atoms with E-state index in [4.69, 9.17) is 0 Å². The van der Waals surface area contributed by atoms with Crippen molar-refractivity contribution in [2.75, 3.05) is 10.6 Å². The van der Waals surface area contributed by atoms with Crippen LogP contribution in [0.4, 0.5) is 15.8 Å². The van der Waals surface area contributed by atoms with E-state index in [2.05, 4.69) is 20.9 Å². The molecule has 3 aromatic rings. The van der Waals surface area contributed by atoms with Crippen LogP contribution in [0.15, 0.2) is 48.7 Å². The number of halogens is 1. The number of carbonyl (C=O) groups excluding carboxylic acids is 3. The standard InChI is InChI=1S/C23H23FN4O3/c1-13(29)26-21(10-15-12-25-19-5-3-2-4-17(15)19)23(31)27-16-8-9-18(24)20(11-16)28-22(30)14-6-7-14/h2-5,8-9,11-12,14,21,25H,6-7,10H2,1H3,(H,26,29)(H,27,31)(H,28,30). The second-order valence-corrected chi connectivity index (χ2v) is 7.76. The lowest BCUT2D eigenvalue weighted by Gasteiger charge is -2.18. The Hall–Kier alpha value is -3.68. The molecule has 31 heavy (non-hydrogen) atoms. The maximum absolute atomic E-state index is 14.1. The van der Waals surface area contributed by atoms with Gasteiger partial charge in [-0.1, -0.05) is 18.2 Å². The zero-order chi connectivity index (χ0) is 22.0. The number of aromatic nitrogens is 1. The Morgan fingerprint density at radius 2 is 1.90 bits per heavy atom. The minimum atomic E-state index is -0.828. The van der Waals surface area contributed by atoms with Crippen molar-refractivity contribution in [1.82, 2.24) is 10.3 Å². The van der Waals surface area contributed by atoms with Gasteiger partial charge in [-0.2, -0.15) is 0 Å². The van der Waals surface area contributed by atoms with Crippen LogP contribution in [0, 0.1) is 11.7 Å². The number of anilines is 2. The monoisotopic (exact) mass is 422 g/mol. The lowest BCUT2D eigenvalue weighted by atomic mass is 10.0. The van der Waals surface area contributed by atoms with Crippen molar-refractivity contribution in [3.63, 3.8) is 0 Å². The Morgan fingerprint density at radius 3 is 2.65 bits per heavy atom. The van der Waals surface area contributed by atoms with Gasteiger partial charge in [-0.05, 0) is 42.7 Å². The number of rotatable bonds is 7. The fourth-order valence-corrected chi connectivity index (χ4v) is 3.48. The zero-order valence-electron chi connectivity index (χ0n) is 17.0. The van der Waals surface area contributed by atoms with E-state index in [-0.39, 0.29) is 29.8 Å². The third kappa shape index (κ3) is 4.91. The third-order valence-corrected chi connectivity index (χ3v) is 5.23. The predicted molar refractivity (Wildman–Crippen MR) is 116 cm³/mol. The summed E-state index contributed by atoms with van der Waals surface area (Å²) in [4.78, 5) is 39.7. The molecule has 0 bridgehead atoms. The summed E-state index contributed by atoms with van der Waals surface area (Å²) in [5.74, 6) is -1.65. The molecule has 1 atom stereocenters. The van der Waals surface area contributed by atoms with Crippen LogP contribution in [-0.2, 0) is 20.8 Å². The van der Waals surface area contributed by atoms with Gasteiger partial charge >= 0.3 is 0 Å². The largest absolute Gasteiger partial charge is 0.361 e. The summed E-state index contributed by atoms with van der Waals surface area (Å²) in [7, 11) is 0. The summed E-state index contributed by atoms with van der Waals surface area (Å²) in [6.07, 6.45) is 3.70. The number of carbonyl (C=O) groups is 3. The first-order valence-corrected chi connectivity index (χ1v) is 10.1. The molecule has 1 aliphatic carbocycles. The first kappa shape index (κ1) is 20.6. The molecule has 1 saturated carbocycles. The molecule has 7 nitrogen and oxygen atoms in total. The number of benzene rings is 2. The summed E-state index contributed by atoms with van der Waals surface area (Å²) in [6, 6.07) is 10.8. The molecule has 0 saturated heterocycles. The highest BCUT2D eigenvalue weighted by molar-refractivity contribution is 5.99. The van der Waals surface area contributed by atoms with E-state index < -0.39 is 17.8 Å². The van der Waals surface area contributed by atoms with Crippen LogP contribution in [0.3, 0.4) is 0 Å². The molecule has 4 N–H and O–H groups in total. The fraction of sp³-hybridized carbons (Fsp3) is 0.261. The van der Waals surface area contributed by atoms with Crippen LogP contribution in [0.25, 0.3) is 10.9 Å². The highest BCUT2D eigenvalue weighted by Crippen LogP contribution is 2.31. The molecule has 0 radical (unpaired) electrons. The van der Waals surface area contributed by atoms with Crippen LogP contribution in [0.1, 0.15) is 25.3 Å². The average Bonchev–Trinajstić information content (AvgIpc) is 3.51. The number of fused-ring (bicyclic) bond motifs is 1. The predicted octanol–water partition coefficient (Wildman–Crippen LogP) is 3.34. The molecule has 1 fully saturated rings. The molecule has 0 aliphatic heterocycles. The number of H-pyrrole nitrogens is 1. The Bertz CT molecular complexity index is 1150. The minimum Gasteiger partial charge on any atom is -0.361 e. The Kier molecular flexibility index (Phi) is 5.70. The van der Waals surface area contributed by atoms with Crippen molar-refractivity contribution < 1.29 is 18.8 Å². The zero-order valence-corrected chi connectivity index (χ0v) is 17.0. The van der Waals surface area contributed by atoms with Crippen LogP contribution in [-0.4, -0.2) is 28.7 Å². The summed E-state index contributed by atoms with van der Waals surface area (Å²) >= 11 is 0. The normalized spacial score (nSPS) is 14.1. The molecular formula is C23H23FN4O3. The van der Waals surface area contributed by atoms with Gasteiger partial charge in [0.15, 0.2) is 0 Å². The molecule has 3 amide bonds.